The number of halogens is 2. The van der Waals surface area contributed by atoms with E-state index in [-0.39, 0.29) is 11.6 Å². The monoisotopic (exact) mass is 336 g/mol. The lowest BCUT2D eigenvalue weighted by Crippen LogP contribution is -1.94. The van der Waals surface area contributed by atoms with Crippen LogP contribution < -0.4 is 0 Å². The summed E-state index contributed by atoms with van der Waals surface area (Å²) < 4.78 is 29.1. The number of imidazole rings is 1. The Hall–Kier alpha value is -3.15. The summed E-state index contributed by atoms with van der Waals surface area (Å²) in [5.74, 6) is -0.250. The van der Waals surface area contributed by atoms with E-state index >= 15 is 0 Å². The zero-order valence-electron chi connectivity index (χ0n) is 13.7. The summed E-state index contributed by atoms with van der Waals surface area (Å²) in [5.41, 5.74) is 3.99. The van der Waals surface area contributed by atoms with E-state index in [9.17, 15) is 8.78 Å². The second kappa shape index (κ2) is 5.73. The molecule has 0 atom stereocenters. The van der Waals surface area contributed by atoms with Gasteiger partial charge < -0.3 is 0 Å². The van der Waals surface area contributed by atoms with Crippen LogP contribution in [0, 0.1) is 25.5 Å². The molecular formula is C19H14F2N4. The topological polar surface area (TPSA) is 43.1 Å². The number of pyridine rings is 1. The second-order valence-electron chi connectivity index (χ2n) is 5.98. The van der Waals surface area contributed by atoms with Crippen LogP contribution in [0.4, 0.5) is 8.78 Å². The molecule has 4 aromatic rings. The van der Waals surface area contributed by atoms with Gasteiger partial charge in [0.15, 0.2) is 0 Å². The third-order valence-electron chi connectivity index (χ3n) is 4.03. The normalized spacial score (nSPS) is 11.2. The van der Waals surface area contributed by atoms with Crippen molar-refractivity contribution in [1.82, 2.24) is 19.4 Å². The van der Waals surface area contributed by atoms with Crippen LogP contribution in [0.15, 0.2) is 49.1 Å². The number of benzene rings is 1. The highest BCUT2D eigenvalue weighted by atomic mass is 19.1. The fraction of sp³-hybridized carbons (Fsp3) is 0.105. The Morgan fingerprint density at radius 3 is 2.60 bits per heavy atom. The molecule has 6 heteroatoms. The van der Waals surface area contributed by atoms with Crippen LogP contribution in [-0.4, -0.2) is 19.4 Å². The van der Waals surface area contributed by atoms with Gasteiger partial charge in [0.25, 0.3) is 0 Å². The number of fused-ring (bicyclic) bond motifs is 1. The minimum atomic E-state index is -0.380. The number of hydrogen-bond acceptors (Lipinski definition) is 3. The lowest BCUT2D eigenvalue weighted by atomic mass is 10.1. The molecule has 0 aliphatic heterocycles. The van der Waals surface area contributed by atoms with E-state index in [0.717, 1.165) is 11.1 Å². The van der Waals surface area contributed by atoms with Crippen LogP contribution in [-0.2, 0) is 0 Å². The quantitative estimate of drug-likeness (QED) is 0.546. The molecule has 4 nitrogen and oxygen atoms in total. The van der Waals surface area contributed by atoms with Crippen molar-refractivity contribution in [1.29, 1.82) is 0 Å². The third kappa shape index (κ3) is 2.76. The fourth-order valence-corrected chi connectivity index (χ4v) is 2.81. The van der Waals surface area contributed by atoms with E-state index < -0.39 is 0 Å². The summed E-state index contributed by atoms with van der Waals surface area (Å²) >= 11 is 0. The lowest BCUT2D eigenvalue weighted by molar-refractivity contribution is 0.620. The summed E-state index contributed by atoms with van der Waals surface area (Å²) in [6.07, 6.45) is 6.34. The Kier molecular flexibility index (Phi) is 3.53. The van der Waals surface area contributed by atoms with E-state index in [1.807, 2.05) is 6.92 Å². The molecule has 0 amide bonds. The van der Waals surface area contributed by atoms with E-state index in [4.69, 9.17) is 0 Å². The van der Waals surface area contributed by atoms with Crippen molar-refractivity contribution in [3.63, 3.8) is 0 Å². The molecule has 0 aliphatic carbocycles. The van der Waals surface area contributed by atoms with Crippen molar-refractivity contribution in [2.75, 3.05) is 0 Å². The van der Waals surface area contributed by atoms with Crippen molar-refractivity contribution in [2.45, 2.75) is 13.8 Å². The summed E-state index contributed by atoms with van der Waals surface area (Å²) in [5, 5.41) is 0. The number of nitrogens with zero attached hydrogens (tertiary/aromatic N) is 4. The second-order valence-corrected chi connectivity index (χ2v) is 5.98. The molecule has 4 rings (SSSR count). The molecule has 0 spiro atoms. The number of aromatic nitrogens is 4. The van der Waals surface area contributed by atoms with Gasteiger partial charge in [-0.1, -0.05) is 11.6 Å². The fourth-order valence-electron chi connectivity index (χ4n) is 2.81. The van der Waals surface area contributed by atoms with Crippen molar-refractivity contribution in [3.05, 3.63) is 71.8 Å². The van der Waals surface area contributed by atoms with Crippen molar-refractivity contribution < 1.29 is 8.78 Å². The highest BCUT2D eigenvalue weighted by molar-refractivity contribution is 5.65. The highest BCUT2D eigenvalue weighted by Crippen LogP contribution is 2.25. The van der Waals surface area contributed by atoms with E-state index in [2.05, 4.69) is 15.0 Å². The van der Waals surface area contributed by atoms with Gasteiger partial charge in [0, 0.05) is 29.7 Å². The SMILES string of the molecule is Cc1ccc(F)c(-c2cn3cc(-c4ncc(F)cc4C)cnc3n2)c1. The minimum Gasteiger partial charge on any atom is -0.290 e. The molecule has 3 heterocycles. The zero-order valence-corrected chi connectivity index (χ0v) is 13.7. The standard InChI is InChI=1S/C19H14F2N4/c1-11-3-4-16(21)15(5-11)17-10-25-9-13(7-23-19(25)24-17)18-12(2)6-14(20)8-22-18/h3-10H,1-2H3. The number of hydrogen-bond donors (Lipinski definition) is 0. The zero-order chi connectivity index (χ0) is 17.6. The van der Waals surface area contributed by atoms with Crippen LogP contribution >= 0.6 is 0 Å². The first-order valence-corrected chi connectivity index (χ1v) is 7.75. The largest absolute Gasteiger partial charge is 0.290 e. The predicted octanol–water partition coefficient (Wildman–Crippen LogP) is 4.35. The van der Waals surface area contributed by atoms with Crippen LogP contribution in [0.1, 0.15) is 11.1 Å². The summed E-state index contributed by atoms with van der Waals surface area (Å²) in [6.45, 7) is 3.69. The van der Waals surface area contributed by atoms with E-state index in [1.165, 1.54) is 18.3 Å². The lowest BCUT2D eigenvalue weighted by Gasteiger charge is -2.04. The van der Waals surface area contributed by atoms with Gasteiger partial charge in [-0.3, -0.25) is 9.38 Å². The van der Waals surface area contributed by atoms with Gasteiger partial charge in [0.05, 0.1) is 17.6 Å². The Balaban J connectivity index is 1.83. The van der Waals surface area contributed by atoms with Gasteiger partial charge >= 0.3 is 0 Å². The number of rotatable bonds is 2. The van der Waals surface area contributed by atoms with Crippen molar-refractivity contribution in [2.24, 2.45) is 0 Å². The summed E-state index contributed by atoms with van der Waals surface area (Å²) in [6, 6.07) is 6.32. The van der Waals surface area contributed by atoms with E-state index in [0.29, 0.717) is 28.3 Å². The van der Waals surface area contributed by atoms with Gasteiger partial charge in [0.2, 0.25) is 5.78 Å². The molecule has 0 bridgehead atoms. The van der Waals surface area contributed by atoms with Crippen molar-refractivity contribution in [3.8, 4) is 22.5 Å². The van der Waals surface area contributed by atoms with Gasteiger partial charge in [-0.15, -0.1) is 0 Å². The molecule has 0 fully saturated rings. The van der Waals surface area contributed by atoms with Crippen LogP contribution in [0.2, 0.25) is 0 Å². The maximum Gasteiger partial charge on any atom is 0.234 e. The van der Waals surface area contributed by atoms with Gasteiger partial charge in [0.1, 0.15) is 11.6 Å². The number of aryl methyl sites for hydroxylation is 2. The maximum atomic E-state index is 14.1. The van der Waals surface area contributed by atoms with Gasteiger partial charge in [-0.05, 0) is 37.6 Å². The first-order chi connectivity index (χ1) is 12.0. The average molecular weight is 336 g/mol. The Labute approximate surface area is 142 Å². The first-order valence-electron chi connectivity index (χ1n) is 7.75. The van der Waals surface area contributed by atoms with E-state index in [1.54, 1.807) is 42.0 Å². The Morgan fingerprint density at radius 1 is 0.960 bits per heavy atom. The minimum absolute atomic E-state index is 0.328. The molecule has 124 valence electrons. The molecule has 0 saturated carbocycles. The summed E-state index contributed by atoms with van der Waals surface area (Å²) in [7, 11) is 0. The van der Waals surface area contributed by atoms with Crippen molar-refractivity contribution >= 4 is 5.78 Å². The summed E-state index contributed by atoms with van der Waals surface area (Å²) in [4.78, 5) is 12.8. The van der Waals surface area contributed by atoms with Crippen LogP contribution in [0.5, 0.6) is 0 Å². The smallest absolute Gasteiger partial charge is 0.234 e. The van der Waals surface area contributed by atoms with Crippen LogP contribution in [0.25, 0.3) is 28.3 Å². The van der Waals surface area contributed by atoms with Crippen LogP contribution in [0.3, 0.4) is 0 Å². The Morgan fingerprint density at radius 2 is 1.80 bits per heavy atom. The molecule has 0 unspecified atom stereocenters. The molecule has 0 N–H and O–H groups in total. The highest BCUT2D eigenvalue weighted by Gasteiger charge is 2.12. The third-order valence-corrected chi connectivity index (χ3v) is 4.03. The molecule has 1 aromatic carbocycles. The first kappa shape index (κ1) is 15.4. The molecule has 0 saturated heterocycles. The Bertz CT molecular complexity index is 1100. The molecule has 0 radical (unpaired) electrons. The van der Waals surface area contributed by atoms with Gasteiger partial charge in [-0.2, -0.15) is 0 Å². The molecular weight excluding hydrogens is 322 g/mol. The maximum absolute atomic E-state index is 14.1. The predicted molar refractivity (Wildman–Crippen MR) is 91.0 cm³/mol. The molecule has 0 aliphatic rings. The average Bonchev–Trinajstić information content (AvgIpc) is 3.00. The molecule has 25 heavy (non-hydrogen) atoms. The van der Waals surface area contributed by atoms with Gasteiger partial charge in [-0.25, -0.2) is 18.7 Å². The molecule has 3 aromatic heterocycles.